The van der Waals surface area contributed by atoms with Crippen molar-refractivity contribution in [3.05, 3.63) is 0 Å². The molecule has 2 aliphatic carbocycles. The number of rotatable bonds is 3. The van der Waals surface area contributed by atoms with Gasteiger partial charge in [-0.15, -0.1) is 0 Å². The second-order valence-electron chi connectivity index (χ2n) is 5.67. The van der Waals surface area contributed by atoms with Crippen LogP contribution in [-0.4, -0.2) is 18.6 Å². The molecule has 88 valence electrons. The van der Waals surface area contributed by atoms with Crippen LogP contribution in [0.4, 0.5) is 0 Å². The molecular weight excluding hydrogens is 184 g/mol. The number of nitrogens with one attached hydrogen (secondary N) is 1. The first-order valence-corrected chi connectivity index (χ1v) is 6.75. The Hall–Kier alpha value is -0.0800. The molecule has 0 aromatic heterocycles. The monoisotopic (exact) mass is 210 g/mol. The van der Waals surface area contributed by atoms with E-state index < -0.39 is 0 Å². The maximum absolute atomic E-state index is 5.86. The van der Waals surface area contributed by atoms with E-state index >= 15 is 0 Å². The van der Waals surface area contributed by atoms with Crippen LogP contribution in [0, 0.1) is 11.8 Å². The Kier molecular flexibility index (Phi) is 4.04. The molecule has 2 nitrogen and oxygen atoms in total. The van der Waals surface area contributed by atoms with Crippen molar-refractivity contribution < 1.29 is 0 Å². The second kappa shape index (κ2) is 5.31. The maximum atomic E-state index is 5.86. The molecule has 15 heavy (non-hydrogen) atoms. The van der Waals surface area contributed by atoms with Crippen molar-refractivity contribution in [2.24, 2.45) is 17.6 Å². The molecular formula is C13H26N2. The van der Waals surface area contributed by atoms with E-state index in [1.807, 2.05) is 0 Å². The third-order valence-corrected chi connectivity index (χ3v) is 4.36. The smallest absolute Gasteiger partial charge is 0.0110 e. The fraction of sp³-hybridized carbons (Fsp3) is 1.00. The molecule has 0 spiro atoms. The summed E-state index contributed by atoms with van der Waals surface area (Å²) in [6, 6.07) is 1.51. The Morgan fingerprint density at radius 2 is 1.93 bits per heavy atom. The van der Waals surface area contributed by atoms with E-state index in [4.69, 9.17) is 5.73 Å². The molecule has 0 bridgehead atoms. The minimum Gasteiger partial charge on any atom is -0.330 e. The Balaban J connectivity index is 1.81. The first kappa shape index (κ1) is 11.4. The molecule has 3 N–H and O–H groups in total. The van der Waals surface area contributed by atoms with E-state index in [0.717, 1.165) is 30.5 Å². The van der Waals surface area contributed by atoms with Crippen LogP contribution in [0.25, 0.3) is 0 Å². The SMILES string of the molecule is CC1CCC(NC2CCCCC2CN)C1. The molecule has 0 heterocycles. The molecule has 2 fully saturated rings. The van der Waals surface area contributed by atoms with Crippen molar-refractivity contribution in [1.29, 1.82) is 0 Å². The van der Waals surface area contributed by atoms with Crippen molar-refractivity contribution in [3.63, 3.8) is 0 Å². The highest BCUT2D eigenvalue weighted by Crippen LogP contribution is 2.29. The summed E-state index contributed by atoms with van der Waals surface area (Å²) in [6.45, 7) is 3.25. The minimum atomic E-state index is 0.721. The van der Waals surface area contributed by atoms with Crippen molar-refractivity contribution in [3.8, 4) is 0 Å². The quantitative estimate of drug-likeness (QED) is 0.750. The average molecular weight is 210 g/mol. The Bertz CT molecular complexity index is 193. The normalized spacial score (nSPS) is 42.0. The topological polar surface area (TPSA) is 38.0 Å². The van der Waals surface area contributed by atoms with Crippen LogP contribution < -0.4 is 11.1 Å². The van der Waals surface area contributed by atoms with Gasteiger partial charge in [-0.1, -0.05) is 19.8 Å². The van der Waals surface area contributed by atoms with E-state index in [-0.39, 0.29) is 0 Å². The fourth-order valence-electron chi connectivity index (χ4n) is 3.37. The molecule has 2 aliphatic rings. The molecule has 0 radical (unpaired) electrons. The summed E-state index contributed by atoms with van der Waals surface area (Å²) in [4.78, 5) is 0. The zero-order chi connectivity index (χ0) is 10.7. The van der Waals surface area contributed by atoms with Crippen molar-refractivity contribution in [1.82, 2.24) is 5.32 Å². The lowest BCUT2D eigenvalue weighted by Crippen LogP contribution is -2.45. The zero-order valence-corrected chi connectivity index (χ0v) is 10.0. The first-order valence-electron chi connectivity index (χ1n) is 6.75. The summed E-state index contributed by atoms with van der Waals surface area (Å²) in [5.74, 6) is 1.68. The van der Waals surface area contributed by atoms with Gasteiger partial charge in [-0.25, -0.2) is 0 Å². The summed E-state index contributed by atoms with van der Waals surface area (Å²) in [7, 11) is 0. The molecule has 2 heteroatoms. The molecule has 2 saturated carbocycles. The van der Waals surface area contributed by atoms with Crippen LogP contribution in [0.1, 0.15) is 51.9 Å². The summed E-state index contributed by atoms with van der Waals surface area (Å²) in [6.07, 6.45) is 9.67. The second-order valence-corrected chi connectivity index (χ2v) is 5.67. The lowest BCUT2D eigenvalue weighted by Gasteiger charge is -2.33. The van der Waals surface area contributed by atoms with Crippen molar-refractivity contribution in [2.75, 3.05) is 6.54 Å². The molecule has 4 unspecified atom stereocenters. The van der Waals surface area contributed by atoms with Gasteiger partial charge in [0.05, 0.1) is 0 Å². The lowest BCUT2D eigenvalue weighted by molar-refractivity contribution is 0.246. The highest BCUT2D eigenvalue weighted by Gasteiger charge is 2.28. The summed E-state index contributed by atoms with van der Waals surface area (Å²) in [5.41, 5.74) is 5.86. The van der Waals surface area contributed by atoms with Gasteiger partial charge in [0.1, 0.15) is 0 Å². The Morgan fingerprint density at radius 3 is 2.60 bits per heavy atom. The van der Waals surface area contributed by atoms with Gasteiger partial charge in [0, 0.05) is 12.1 Å². The molecule has 0 amide bonds. The largest absolute Gasteiger partial charge is 0.330 e. The summed E-state index contributed by atoms with van der Waals surface area (Å²) >= 11 is 0. The molecule has 4 atom stereocenters. The van der Waals surface area contributed by atoms with Crippen LogP contribution in [0.15, 0.2) is 0 Å². The van der Waals surface area contributed by atoms with Gasteiger partial charge in [0.25, 0.3) is 0 Å². The maximum Gasteiger partial charge on any atom is 0.0110 e. The third-order valence-electron chi connectivity index (χ3n) is 4.36. The fourth-order valence-corrected chi connectivity index (χ4v) is 3.37. The zero-order valence-electron chi connectivity index (χ0n) is 10.0. The van der Waals surface area contributed by atoms with Gasteiger partial charge in [0.15, 0.2) is 0 Å². The van der Waals surface area contributed by atoms with E-state index in [0.29, 0.717) is 0 Å². The van der Waals surface area contributed by atoms with Gasteiger partial charge in [0.2, 0.25) is 0 Å². The standard InChI is InChI=1S/C13H26N2/c1-10-6-7-12(8-10)15-13-5-3-2-4-11(13)9-14/h10-13,15H,2-9,14H2,1H3. The van der Waals surface area contributed by atoms with Gasteiger partial charge in [-0.3, -0.25) is 0 Å². The molecule has 0 saturated heterocycles. The van der Waals surface area contributed by atoms with Crippen LogP contribution in [0.2, 0.25) is 0 Å². The van der Waals surface area contributed by atoms with E-state index in [1.165, 1.54) is 44.9 Å². The Morgan fingerprint density at radius 1 is 1.13 bits per heavy atom. The van der Waals surface area contributed by atoms with Gasteiger partial charge in [-0.05, 0) is 50.5 Å². The number of hydrogen-bond acceptors (Lipinski definition) is 2. The molecule has 2 rings (SSSR count). The van der Waals surface area contributed by atoms with Gasteiger partial charge in [-0.2, -0.15) is 0 Å². The van der Waals surface area contributed by atoms with Crippen LogP contribution in [0.5, 0.6) is 0 Å². The average Bonchev–Trinajstić information content (AvgIpc) is 2.65. The van der Waals surface area contributed by atoms with Crippen molar-refractivity contribution in [2.45, 2.75) is 64.0 Å². The minimum absolute atomic E-state index is 0.721. The van der Waals surface area contributed by atoms with Crippen LogP contribution >= 0.6 is 0 Å². The summed E-state index contributed by atoms with van der Waals surface area (Å²) in [5, 5.41) is 3.87. The highest BCUT2D eigenvalue weighted by atomic mass is 15.0. The lowest BCUT2D eigenvalue weighted by atomic mass is 9.84. The molecule has 0 aliphatic heterocycles. The van der Waals surface area contributed by atoms with Gasteiger partial charge >= 0.3 is 0 Å². The summed E-state index contributed by atoms with van der Waals surface area (Å²) < 4.78 is 0. The van der Waals surface area contributed by atoms with E-state index in [2.05, 4.69) is 12.2 Å². The first-order chi connectivity index (χ1) is 7.29. The van der Waals surface area contributed by atoms with E-state index in [9.17, 15) is 0 Å². The van der Waals surface area contributed by atoms with Gasteiger partial charge < -0.3 is 11.1 Å². The third kappa shape index (κ3) is 2.94. The predicted molar refractivity (Wildman–Crippen MR) is 64.7 cm³/mol. The van der Waals surface area contributed by atoms with Crippen LogP contribution in [-0.2, 0) is 0 Å². The molecule has 0 aromatic rings. The molecule has 0 aromatic carbocycles. The van der Waals surface area contributed by atoms with Crippen molar-refractivity contribution >= 4 is 0 Å². The number of hydrogen-bond donors (Lipinski definition) is 2. The van der Waals surface area contributed by atoms with Crippen LogP contribution in [0.3, 0.4) is 0 Å². The Labute approximate surface area is 94.0 Å². The highest BCUT2D eigenvalue weighted by molar-refractivity contribution is 4.87. The number of nitrogens with two attached hydrogens (primary N) is 1. The predicted octanol–water partition coefficient (Wildman–Crippen LogP) is 2.28. The van der Waals surface area contributed by atoms with E-state index in [1.54, 1.807) is 0 Å².